The molecule has 5 heteroatoms. The molecule has 0 heterocycles. The van der Waals surface area contributed by atoms with E-state index in [4.69, 9.17) is 4.74 Å². The van der Waals surface area contributed by atoms with Gasteiger partial charge in [-0.3, -0.25) is 9.59 Å². The normalized spacial score (nSPS) is 10.3. The number of benzene rings is 2. The van der Waals surface area contributed by atoms with E-state index < -0.39 is 0 Å². The number of carbonyl (C=O) groups excluding carboxylic acids is 2. The fourth-order valence-corrected chi connectivity index (χ4v) is 2.70. The maximum Gasteiger partial charge on any atom is 0.254 e. The Balaban J connectivity index is 2.08. The molecule has 0 bridgehead atoms. The molecule has 0 saturated heterocycles. The molecule has 0 atom stereocenters. The Morgan fingerprint density at radius 3 is 2.35 bits per heavy atom. The molecular formula is C21H26N2O3. The van der Waals surface area contributed by atoms with E-state index in [0.717, 1.165) is 12.8 Å². The van der Waals surface area contributed by atoms with E-state index in [1.165, 1.54) is 5.56 Å². The molecule has 0 aliphatic rings. The number of nitrogens with zero attached hydrogens (tertiary/aromatic N) is 1. The number of aryl methyl sites for hydroxylation is 1. The zero-order chi connectivity index (χ0) is 18.9. The standard InChI is InChI=1S/C21H26N2O3/c1-4-14-23(21(25)17-12-10-16(5-2)11-13-17)15-20(24)22-18-8-6-7-9-19(18)26-3/h6-13H,4-5,14-15H2,1-3H3,(H,22,24). The Bertz CT molecular complexity index is 741. The molecule has 1 N–H and O–H groups in total. The molecule has 2 rings (SSSR count). The largest absolute Gasteiger partial charge is 0.495 e. The van der Waals surface area contributed by atoms with Crippen molar-refractivity contribution in [2.24, 2.45) is 0 Å². The van der Waals surface area contributed by atoms with Crippen LogP contribution in [0.1, 0.15) is 36.2 Å². The van der Waals surface area contributed by atoms with Gasteiger partial charge < -0.3 is 15.0 Å². The number of amides is 2. The number of methoxy groups -OCH3 is 1. The first-order valence-corrected chi connectivity index (χ1v) is 8.90. The number of nitrogens with one attached hydrogen (secondary N) is 1. The summed E-state index contributed by atoms with van der Waals surface area (Å²) in [7, 11) is 1.55. The highest BCUT2D eigenvalue weighted by Crippen LogP contribution is 2.23. The van der Waals surface area contributed by atoms with E-state index in [2.05, 4.69) is 12.2 Å². The Morgan fingerprint density at radius 1 is 1.04 bits per heavy atom. The third-order valence-electron chi connectivity index (χ3n) is 4.11. The van der Waals surface area contributed by atoms with Crippen molar-refractivity contribution in [1.29, 1.82) is 0 Å². The molecule has 0 unspecified atom stereocenters. The number of carbonyl (C=O) groups is 2. The van der Waals surface area contributed by atoms with E-state index in [1.807, 2.05) is 43.3 Å². The molecule has 0 radical (unpaired) electrons. The van der Waals surface area contributed by atoms with Gasteiger partial charge in [0.2, 0.25) is 5.91 Å². The third kappa shape index (κ3) is 5.09. The molecule has 2 aromatic rings. The van der Waals surface area contributed by atoms with Crippen molar-refractivity contribution in [2.45, 2.75) is 26.7 Å². The Labute approximate surface area is 155 Å². The second-order valence-corrected chi connectivity index (χ2v) is 6.03. The molecule has 0 saturated carbocycles. The fourth-order valence-electron chi connectivity index (χ4n) is 2.70. The van der Waals surface area contributed by atoms with Gasteiger partial charge in [0.05, 0.1) is 12.8 Å². The van der Waals surface area contributed by atoms with Crippen LogP contribution in [0, 0.1) is 0 Å². The second kappa shape index (κ2) is 9.61. The lowest BCUT2D eigenvalue weighted by atomic mass is 10.1. The maximum absolute atomic E-state index is 12.8. The van der Waals surface area contributed by atoms with Gasteiger partial charge in [0, 0.05) is 12.1 Å². The minimum atomic E-state index is -0.249. The van der Waals surface area contributed by atoms with E-state index in [9.17, 15) is 9.59 Å². The van der Waals surface area contributed by atoms with Gasteiger partial charge in [-0.05, 0) is 42.7 Å². The molecule has 0 fully saturated rings. The summed E-state index contributed by atoms with van der Waals surface area (Å²) in [6, 6.07) is 14.7. The molecule has 0 aliphatic heterocycles. The van der Waals surface area contributed by atoms with E-state index in [0.29, 0.717) is 23.5 Å². The van der Waals surface area contributed by atoms with Crippen molar-refractivity contribution >= 4 is 17.5 Å². The lowest BCUT2D eigenvalue weighted by molar-refractivity contribution is -0.116. The zero-order valence-corrected chi connectivity index (χ0v) is 15.6. The highest BCUT2D eigenvalue weighted by atomic mass is 16.5. The van der Waals surface area contributed by atoms with Crippen molar-refractivity contribution in [3.8, 4) is 5.75 Å². The predicted octanol–water partition coefficient (Wildman–Crippen LogP) is 3.75. The van der Waals surface area contributed by atoms with Crippen molar-refractivity contribution in [2.75, 3.05) is 25.5 Å². The number of para-hydroxylation sites is 2. The highest BCUT2D eigenvalue weighted by molar-refractivity contribution is 5.99. The topological polar surface area (TPSA) is 58.6 Å². The summed E-state index contributed by atoms with van der Waals surface area (Å²) < 4.78 is 5.24. The van der Waals surface area contributed by atoms with Crippen LogP contribution in [0.25, 0.3) is 0 Å². The van der Waals surface area contributed by atoms with Crippen LogP contribution in [0.3, 0.4) is 0 Å². The Morgan fingerprint density at radius 2 is 1.73 bits per heavy atom. The van der Waals surface area contributed by atoms with Gasteiger partial charge in [0.15, 0.2) is 0 Å². The van der Waals surface area contributed by atoms with Crippen LogP contribution >= 0.6 is 0 Å². The number of hydrogen-bond donors (Lipinski definition) is 1. The van der Waals surface area contributed by atoms with Crippen molar-refractivity contribution in [3.63, 3.8) is 0 Å². The van der Waals surface area contributed by atoms with E-state index in [-0.39, 0.29) is 18.4 Å². The summed E-state index contributed by atoms with van der Waals surface area (Å²) in [6.45, 7) is 4.58. The van der Waals surface area contributed by atoms with Crippen molar-refractivity contribution < 1.29 is 14.3 Å². The molecule has 2 aromatic carbocycles. The summed E-state index contributed by atoms with van der Waals surface area (Å²) in [5.41, 5.74) is 2.37. The van der Waals surface area contributed by atoms with E-state index in [1.54, 1.807) is 24.1 Å². The van der Waals surface area contributed by atoms with Gasteiger partial charge in [-0.25, -0.2) is 0 Å². The average Bonchev–Trinajstić information content (AvgIpc) is 2.67. The molecule has 5 nitrogen and oxygen atoms in total. The monoisotopic (exact) mass is 354 g/mol. The highest BCUT2D eigenvalue weighted by Gasteiger charge is 2.19. The van der Waals surface area contributed by atoms with Gasteiger partial charge >= 0.3 is 0 Å². The first-order chi connectivity index (χ1) is 12.6. The van der Waals surface area contributed by atoms with Crippen LogP contribution in [0.4, 0.5) is 5.69 Å². The average molecular weight is 354 g/mol. The molecule has 0 aliphatic carbocycles. The summed E-state index contributed by atoms with van der Waals surface area (Å²) in [4.78, 5) is 26.8. The maximum atomic E-state index is 12.8. The number of hydrogen-bond acceptors (Lipinski definition) is 3. The summed E-state index contributed by atoms with van der Waals surface area (Å²) in [6.07, 6.45) is 1.70. The van der Waals surface area contributed by atoms with Crippen molar-refractivity contribution in [1.82, 2.24) is 4.90 Å². The predicted molar refractivity (Wildman–Crippen MR) is 104 cm³/mol. The van der Waals surface area contributed by atoms with Crippen molar-refractivity contribution in [3.05, 3.63) is 59.7 Å². The smallest absolute Gasteiger partial charge is 0.254 e. The Hall–Kier alpha value is -2.82. The summed E-state index contributed by atoms with van der Waals surface area (Å²) >= 11 is 0. The first kappa shape index (κ1) is 19.5. The van der Waals surface area contributed by atoms with Gasteiger partial charge in [-0.15, -0.1) is 0 Å². The van der Waals surface area contributed by atoms with Gasteiger partial charge in [0.25, 0.3) is 5.91 Å². The molecule has 138 valence electrons. The molecule has 0 spiro atoms. The lowest BCUT2D eigenvalue weighted by Crippen LogP contribution is -2.38. The van der Waals surface area contributed by atoms with Crippen LogP contribution in [-0.4, -0.2) is 36.9 Å². The minimum Gasteiger partial charge on any atom is -0.495 e. The van der Waals surface area contributed by atoms with Gasteiger partial charge in [-0.1, -0.05) is 38.1 Å². The zero-order valence-electron chi connectivity index (χ0n) is 15.6. The van der Waals surface area contributed by atoms with Crippen LogP contribution in [0.5, 0.6) is 5.75 Å². The van der Waals surface area contributed by atoms with Crippen LogP contribution in [0.2, 0.25) is 0 Å². The van der Waals surface area contributed by atoms with Crippen LogP contribution < -0.4 is 10.1 Å². The fraction of sp³-hybridized carbons (Fsp3) is 0.333. The summed E-state index contributed by atoms with van der Waals surface area (Å²) in [5, 5.41) is 2.82. The molecular weight excluding hydrogens is 328 g/mol. The molecule has 0 aromatic heterocycles. The van der Waals surface area contributed by atoms with Crippen LogP contribution in [-0.2, 0) is 11.2 Å². The first-order valence-electron chi connectivity index (χ1n) is 8.90. The van der Waals surface area contributed by atoms with Gasteiger partial charge in [0.1, 0.15) is 12.3 Å². The number of ether oxygens (including phenoxy) is 1. The van der Waals surface area contributed by atoms with Crippen LogP contribution in [0.15, 0.2) is 48.5 Å². The summed E-state index contributed by atoms with van der Waals surface area (Å²) in [5.74, 6) is 0.204. The number of rotatable bonds is 8. The molecule has 2 amide bonds. The van der Waals surface area contributed by atoms with E-state index >= 15 is 0 Å². The SMILES string of the molecule is CCCN(CC(=O)Nc1ccccc1OC)C(=O)c1ccc(CC)cc1. The Kier molecular flexibility index (Phi) is 7.21. The number of anilines is 1. The second-order valence-electron chi connectivity index (χ2n) is 6.03. The quantitative estimate of drug-likeness (QED) is 0.785. The third-order valence-corrected chi connectivity index (χ3v) is 4.11. The minimum absolute atomic E-state index is 0.000249. The molecule has 26 heavy (non-hydrogen) atoms. The van der Waals surface area contributed by atoms with Gasteiger partial charge in [-0.2, -0.15) is 0 Å². The lowest BCUT2D eigenvalue weighted by Gasteiger charge is -2.22.